The maximum Gasteiger partial charge on any atom is 0.329 e. The molecule has 2 aromatic carbocycles. The third kappa shape index (κ3) is 3.14. The average molecular weight is 398 g/mol. The molecule has 2 heterocycles. The summed E-state index contributed by atoms with van der Waals surface area (Å²) >= 11 is 5.26. The SMILES string of the molecule is Cn1c(=O)[nH]c(=O)c2c1[nH]c(=S)n2CC(O)COc1cccc2ccccc12. The molecule has 2 aromatic heterocycles. The van der Waals surface area contributed by atoms with Crippen LogP contribution in [-0.4, -0.2) is 36.9 Å². The summed E-state index contributed by atoms with van der Waals surface area (Å²) in [6.45, 7) is 0.0665. The number of ether oxygens (including phenoxy) is 1. The van der Waals surface area contributed by atoms with E-state index < -0.39 is 17.4 Å². The molecule has 1 unspecified atom stereocenters. The lowest BCUT2D eigenvalue weighted by Gasteiger charge is -2.15. The Bertz CT molecular complexity index is 1340. The summed E-state index contributed by atoms with van der Waals surface area (Å²) in [7, 11) is 1.52. The Morgan fingerprint density at radius 1 is 1.14 bits per heavy atom. The molecule has 0 saturated carbocycles. The van der Waals surface area contributed by atoms with Crippen LogP contribution in [0.1, 0.15) is 0 Å². The zero-order chi connectivity index (χ0) is 19.8. The van der Waals surface area contributed by atoms with E-state index in [4.69, 9.17) is 17.0 Å². The van der Waals surface area contributed by atoms with Crippen molar-refractivity contribution in [3.63, 3.8) is 0 Å². The fourth-order valence-corrected chi connectivity index (χ4v) is 3.48. The Morgan fingerprint density at radius 2 is 1.89 bits per heavy atom. The van der Waals surface area contributed by atoms with E-state index in [9.17, 15) is 14.7 Å². The van der Waals surface area contributed by atoms with Gasteiger partial charge in [0.05, 0.1) is 6.54 Å². The monoisotopic (exact) mass is 398 g/mol. The first-order valence-electron chi connectivity index (χ1n) is 8.66. The van der Waals surface area contributed by atoms with Crippen molar-refractivity contribution in [2.75, 3.05) is 6.61 Å². The van der Waals surface area contributed by atoms with Gasteiger partial charge in [0.2, 0.25) is 0 Å². The van der Waals surface area contributed by atoms with Crippen LogP contribution in [0.3, 0.4) is 0 Å². The lowest BCUT2D eigenvalue weighted by molar-refractivity contribution is 0.0938. The van der Waals surface area contributed by atoms with Crippen molar-refractivity contribution in [2.45, 2.75) is 12.6 Å². The number of aryl methyl sites for hydroxylation is 1. The van der Waals surface area contributed by atoms with Gasteiger partial charge in [-0.25, -0.2) is 4.79 Å². The van der Waals surface area contributed by atoms with Gasteiger partial charge < -0.3 is 19.4 Å². The van der Waals surface area contributed by atoms with Gasteiger partial charge in [-0.15, -0.1) is 0 Å². The molecule has 1 atom stereocenters. The molecule has 28 heavy (non-hydrogen) atoms. The summed E-state index contributed by atoms with van der Waals surface area (Å²) in [5, 5.41) is 12.5. The van der Waals surface area contributed by atoms with E-state index >= 15 is 0 Å². The highest BCUT2D eigenvalue weighted by molar-refractivity contribution is 7.71. The van der Waals surface area contributed by atoms with E-state index in [1.807, 2.05) is 42.5 Å². The van der Waals surface area contributed by atoms with Gasteiger partial charge in [-0.05, 0) is 23.7 Å². The van der Waals surface area contributed by atoms with Crippen molar-refractivity contribution in [3.05, 3.63) is 68.1 Å². The molecule has 4 rings (SSSR count). The first kappa shape index (κ1) is 18.2. The van der Waals surface area contributed by atoms with Gasteiger partial charge in [-0.1, -0.05) is 36.4 Å². The largest absolute Gasteiger partial charge is 0.490 e. The van der Waals surface area contributed by atoms with Crippen LogP contribution in [0.15, 0.2) is 52.1 Å². The molecule has 0 radical (unpaired) electrons. The van der Waals surface area contributed by atoms with Crippen molar-refractivity contribution < 1.29 is 9.84 Å². The minimum atomic E-state index is -0.915. The Kier molecular flexibility index (Phi) is 4.62. The number of hydrogen-bond acceptors (Lipinski definition) is 5. The van der Waals surface area contributed by atoms with Crippen LogP contribution in [0.25, 0.3) is 21.9 Å². The molecule has 0 bridgehead atoms. The number of aromatic amines is 2. The third-order valence-electron chi connectivity index (χ3n) is 4.61. The predicted octanol–water partition coefficient (Wildman–Crippen LogP) is 1.68. The lowest BCUT2D eigenvalue weighted by Crippen LogP contribution is -2.30. The normalized spacial score (nSPS) is 12.5. The molecule has 8 nitrogen and oxygen atoms in total. The zero-order valence-electron chi connectivity index (χ0n) is 15.0. The fraction of sp³-hybridized carbons (Fsp3) is 0.211. The minimum absolute atomic E-state index is 0.0200. The van der Waals surface area contributed by atoms with E-state index in [1.165, 1.54) is 16.2 Å². The van der Waals surface area contributed by atoms with Gasteiger partial charge in [0.25, 0.3) is 5.56 Å². The van der Waals surface area contributed by atoms with Crippen LogP contribution in [0.5, 0.6) is 5.75 Å². The fourth-order valence-electron chi connectivity index (χ4n) is 3.22. The number of aliphatic hydroxyl groups excluding tert-OH is 1. The maximum atomic E-state index is 12.2. The van der Waals surface area contributed by atoms with E-state index in [1.54, 1.807) is 0 Å². The molecule has 0 aliphatic heterocycles. The Balaban J connectivity index is 1.59. The molecule has 4 aromatic rings. The van der Waals surface area contributed by atoms with Crippen LogP contribution in [0.2, 0.25) is 0 Å². The van der Waals surface area contributed by atoms with Crippen molar-refractivity contribution in [1.82, 2.24) is 19.1 Å². The van der Waals surface area contributed by atoms with Crippen LogP contribution in [0.4, 0.5) is 0 Å². The number of fused-ring (bicyclic) bond motifs is 2. The summed E-state index contributed by atoms with van der Waals surface area (Å²) in [5.74, 6) is 0.667. The molecular formula is C19H18N4O4S. The number of H-pyrrole nitrogens is 2. The van der Waals surface area contributed by atoms with Crippen molar-refractivity contribution in [2.24, 2.45) is 7.05 Å². The molecule has 3 N–H and O–H groups in total. The quantitative estimate of drug-likeness (QED) is 0.444. The highest BCUT2D eigenvalue weighted by Gasteiger charge is 2.16. The molecule has 0 spiro atoms. The second-order valence-corrected chi connectivity index (χ2v) is 6.89. The van der Waals surface area contributed by atoms with Crippen molar-refractivity contribution in [1.29, 1.82) is 0 Å². The third-order valence-corrected chi connectivity index (χ3v) is 4.94. The van der Waals surface area contributed by atoms with Crippen LogP contribution in [0, 0.1) is 4.77 Å². The average Bonchev–Trinajstić information content (AvgIpc) is 3.01. The molecular weight excluding hydrogens is 380 g/mol. The molecule has 9 heteroatoms. The second kappa shape index (κ2) is 7.10. The van der Waals surface area contributed by atoms with Crippen LogP contribution < -0.4 is 16.0 Å². The number of aliphatic hydroxyl groups is 1. The van der Waals surface area contributed by atoms with Gasteiger partial charge in [0, 0.05) is 12.4 Å². The van der Waals surface area contributed by atoms with Gasteiger partial charge >= 0.3 is 5.69 Å². The second-order valence-electron chi connectivity index (χ2n) is 6.50. The van der Waals surface area contributed by atoms with Gasteiger partial charge in [0.1, 0.15) is 24.1 Å². The number of benzene rings is 2. The summed E-state index contributed by atoms with van der Waals surface area (Å²) in [4.78, 5) is 29.0. The predicted molar refractivity (Wildman–Crippen MR) is 108 cm³/mol. The Morgan fingerprint density at radius 3 is 2.71 bits per heavy atom. The molecule has 0 saturated heterocycles. The van der Waals surface area contributed by atoms with Gasteiger partial charge in [-0.3, -0.25) is 14.3 Å². The molecule has 0 aliphatic carbocycles. The smallest absolute Gasteiger partial charge is 0.329 e. The summed E-state index contributed by atoms with van der Waals surface area (Å²) in [5.41, 5.74) is -0.592. The minimum Gasteiger partial charge on any atom is -0.490 e. The highest BCUT2D eigenvalue weighted by Crippen LogP contribution is 2.25. The Hall–Kier alpha value is -3.17. The molecule has 144 valence electrons. The van der Waals surface area contributed by atoms with Crippen LogP contribution >= 0.6 is 12.2 Å². The number of nitrogens with one attached hydrogen (secondary N) is 2. The Labute approximate surface area is 163 Å². The number of rotatable bonds is 5. The standard InChI is InChI=1S/C19H18N4O4S/c1-22-16-15(17(25)21-18(22)26)23(19(28)20-16)9-12(24)10-27-14-8-4-6-11-5-2-3-7-13(11)14/h2-8,12,24H,9-10H2,1H3,(H,20,28)(H,21,25,26). The van der Waals surface area contributed by atoms with Gasteiger partial charge in [0.15, 0.2) is 10.3 Å². The summed E-state index contributed by atoms with van der Waals surface area (Å²) in [6, 6.07) is 13.5. The first-order valence-corrected chi connectivity index (χ1v) is 9.07. The van der Waals surface area contributed by atoms with E-state index in [2.05, 4.69) is 9.97 Å². The van der Waals surface area contributed by atoms with E-state index in [0.717, 1.165) is 10.8 Å². The molecule has 0 amide bonds. The molecule has 0 aliphatic rings. The zero-order valence-corrected chi connectivity index (χ0v) is 15.8. The van der Waals surface area contributed by atoms with E-state index in [-0.39, 0.29) is 23.4 Å². The van der Waals surface area contributed by atoms with Crippen molar-refractivity contribution in [3.8, 4) is 5.75 Å². The van der Waals surface area contributed by atoms with E-state index in [0.29, 0.717) is 11.4 Å². The summed E-state index contributed by atoms with van der Waals surface area (Å²) in [6.07, 6.45) is -0.915. The van der Waals surface area contributed by atoms with Crippen LogP contribution in [-0.2, 0) is 13.6 Å². The summed E-state index contributed by atoms with van der Waals surface area (Å²) < 4.78 is 8.79. The topological polar surface area (TPSA) is 105 Å². The highest BCUT2D eigenvalue weighted by atomic mass is 32.1. The number of imidazole rings is 1. The number of hydrogen-bond donors (Lipinski definition) is 3. The molecule has 0 fully saturated rings. The van der Waals surface area contributed by atoms with Crippen molar-refractivity contribution >= 4 is 34.2 Å². The number of nitrogens with zero attached hydrogens (tertiary/aromatic N) is 2. The van der Waals surface area contributed by atoms with Gasteiger partial charge in [-0.2, -0.15) is 0 Å². The number of aromatic nitrogens is 4. The maximum absolute atomic E-state index is 12.2. The first-order chi connectivity index (χ1) is 13.5. The lowest BCUT2D eigenvalue weighted by atomic mass is 10.1.